The predicted octanol–water partition coefficient (Wildman–Crippen LogP) is 4.19. The summed E-state index contributed by atoms with van der Waals surface area (Å²) in [6.45, 7) is 4.25. The van der Waals surface area contributed by atoms with Gasteiger partial charge < -0.3 is 10.2 Å². The van der Waals surface area contributed by atoms with Crippen molar-refractivity contribution in [2.24, 2.45) is 0 Å². The van der Waals surface area contributed by atoms with Gasteiger partial charge in [0, 0.05) is 26.2 Å². The number of hydrogen-bond donors (Lipinski definition) is 1. The summed E-state index contributed by atoms with van der Waals surface area (Å²) in [6, 6.07) is 15.9. The second-order valence-electron chi connectivity index (χ2n) is 6.72. The zero-order valence-corrected chi connectivity index (χ0v) is 15.9. The van der Waals surface area contributed by atoms with E-state index in [0.717, 1.165) is 23.2 Å². The van der Waals surface area contributed by atoms with Crippen molar-refractivity contribution in [2.45, 2.75) is 46.1 Å². The highest BCUT2D eigenvalue weighted by atomic mass is 16.2. The molecule has 0 aromatic heterocycles. The molecule has 0 bridgehead atoms. The third kappa shape index (κ3) is 6.36. The molecule has 0 atom stereocenters. The van der Waals surface area contributed by atoms with Crippen molar-refractivity contribution in [3.8, 4) is 0 Å². The molecular formula is C22H28N2O2. The summed E-state index contributed by atoms with van der Waals surface area (Å²) < 4.78 is 0. The molecule has 4 nitrogen and oxygen atoms in total. The highest BCUT2D eigenvalue weighted by Gasteiger charge is 2.07. The Labute approximate surface area is 156 Å². The molecule has 0 radical (unpaired) electrons. The standard InChI is InChI=1S/C22H28N2O2/c1-4-5-7-18-10-12-19(13-11-18)15-22(26)23-21-9-6-8-20(14-21)16-24(3)17(2)25/h6,8-14H,4-5,7,15-16H2,1-3H3,(H,23,26). The number of hydrogen-bond acceptors (Lipinski definition) is 2. The average Bonchev–Trinajstić information content (AvgIpc) is 2.61. The van der Waals surface area contributed by atoms with Crippen molar-refractivity contribution in [2.75, 3.05) is 12.4 Å². The molecule has 2 amide bonds. The Bertz CT molecular complexity index is 738. The molecule has 2 aromatic rings. The van der Waals surface area contributed by atoms with Gasteiger partial charge in [-0.3, -0.25) is 9.59 Å². The zero-order chi connectivity index (χ0) is 18.9. The number of aryl methyl sites for hydroxylation is 1. The van der Waals surface area contributed by atoms with Crippen molar-refractivity contribution >= 4 is 17.5 Å². The summed E-state index contributed by atoms with van der Waals surface area (Å²) in [5.74, 6) is -0.0230. The molecule has 26 heavy (non-hydrogen) atoms. The molecule has 0 heterocycles. The first kappa shape index (κ1) is 19.7. The Morgan fingerprint density at radius 1 is 1.00 bits per heavy atom. The Morgan fingerprint density at radius 2 is 1.69 bits per heavy atom. The van der Waals surface area contributed by atoms with Crippen molar-refractivity contribution in [3.05, 3.63) is 65.2 Å². The minimum absolute atomic E-state index is 0.0156. The van der Waals surface area contributed by atoms with Gasteiger partial charge in [-0.05, 0) is 41.7 Å². The largest absolute Gasteiger partial charge is 0.342 e. The molecule has 0 aliphatic heterocycles. The number of benzene rings is 2. The maximum Gasteiger partial charge on any atom is 0.228 e. The first-order chi connectivity index (χ1) is 12.5. The SMILES string of the molecule is CCCCc1ccc(CC(=O)Nc2cccc(CN(C)C(C)=O)c2)cc1. The second kappa shape index (κ2) is 9.76. The number of carbonyl (C=O) groups excluding carboxylic acids is 2. The number of rotatable bonds is 8. The number of amides is 2. The Hall–Kier alpha value is -2.62. The van der Waals surface area contributed by atoms with Gasteiger partial charge in [0.2, 0.25) is 11.8 Å². The van der Waals surface area contributed by atoms with E-state index in [-0.39, 0.29) is 11.8 Å². The van der Waals surface area contributed by atoms with Crippen LogP contribution in [0.4, 0.5) is 5.69 Å². The van der Waals surface area contributed by atoms with Gasteiger partial charge in [-0.1, -0.05) is 49.7 Å². The van der Waals surface area contributed by atoms with Gasteiger partial charge in [-0.15, -0.1) is 0 Å². The smallest absolute Gasteiger partial charge is 0.228 e. The zero-order valence-electron chi connectivity index (χ0n) is 15.9. The molecule has 0 saturated carbocycles. The number of carbonyl (C=O) groups is 2. The Kier molecular flexibility index (Phi) is 7.39. The summed E-state index contributed by atoms with van der Waals surface area (Å²) >= 11 is 0. The van der Waals surface area contributed by atoms with E-state index < -0.39 is 0 Å². The average molecular weight is 352 g/mol. The summed E-state index contributed by atoms with van der Waals surface area (Å²) in [5.41, 5.74) is 4.07. The molecular weight excluding hydrogens is 324 g/mol. The monoisotopic (exact) mass is 352 g/mol. The van der Waals surface area contributed by atoms with E-state index in [1.165, 1.54) is 18.4 Å². The lowest BCUT2D eigenvalue weighted by Crippen LogP contribution is -2.23. The summed E-state index contributed by atoms with van der Waals surface area (Å²) in [6.07, 6.45) is 3.82. The fraction of sp³-hybridized carbons (Fsp3) is 0.364. The quantitative estimate of drug-likeness (QED) is 0.774. The van der Waals surface area contributed by atoms with Crippen LogP contribution in [-0.2, 0) is 29.0 Å². The van der Waals surface area contributed by atoms with E-state index in [1.807, 2.05) is 36.4 Å². The van der Waals surface area contributed by atoms with Crippen LogP contribution in [0.2, 0.25) is 0 Å². The summed E-state index contributed by atoms with van der Waals surface area (Å²) in [4.78, 5) is 25.3. The van der Waals surface area contributed by atoms with Crippen LogP contribution in [0.5, 0.6) is 0 Å². The third-order valence-electron chi connectivity index (χ3n) is 4.37. The van der Waals surface area contributed by atoms with Gasteiger partial charge >= 0.3 is 0 Å². The van der Waals surface area contributed by atoms with Gasteiger partial charge in [0.25, 0.3) is 0 Å². The van der Waals surface area contributed by atoms with Crippen LogP contribution in [0.15, 0.2) is 48.5 Å². The molecule has 0 saturated heterocycles. The highest BCUT2D eigenvalue weighted by Crippen LogP contribution is 2.14. The van der Waals surface area contributed by atoms with Crippen LogP contribution in [0.3, 0.4) is 0 Å². The number of nitrogens with one attached hydrogen (secondary N) is 1. The maximum absolute atomic E-state index is 12.3. The number of anilines is 1. The van der Waals surface area contributed by atoms with Crippen molar-refractivity contribution in [3.63, 3.8) is 0 Å². The molecule has 1 N–H and O–H groups in total. The van der Waals surface area contributed by atoms with E-state index in [9.17, 15) is 9.59 Å². The Balaban J connectivity index is 1.92. The molecule has 2 rings (SSSR count). The van der Waals surface area contributed by atoms with Gasteiger partial charge in [0.15, 0.2) is 0 Å². The lowest BCUT2D eigenvalue weighted by atomic mass is 10.0. The van der Waals surface area contributed by atoms with Crippen molar-refractivity contribution in [1.29, 1.82) is 0 Å². The van der Waals surface area contributed by atoms with E-state index in [1.54, 1.807) is 18.9 Å². The minimum atomic E-state index is -0.0385. The lowest BCUT2D eigenvalue weighted by Gasteiger charge is -2.15. The second-order valence-corrected chi connectivity index (χ2v) is 6.72. The first-order valence-corrected chi connectivity index (χ1v) is 9.16. The fourth-order valence-electron chi connectivity index (χ4n) is 2.73. The van der Waals surface area contributed by atoms with Crippen LogP contribution in [0, 0.1) is 0 Å². The van der Waals surface area contributed by atoms with Crippen molar-refractivity contribution in [1.82, 2.24) is 4.90 Å². The minimum Gasteiger partial charge on any atom is -0.342 e. The van der Waals surface area contributed by atoms with E-state index in [0.29, 0.717) is 13.0 Å². The molecule has 0 aliphatic carbocycles. The predicted molar refractivity (Wildman–Crippen MR) is 106 cm³/mol. The van der Waals surface area contributed by atoms with E-state index in [4.69, 9.17) is 0 Å². The van der Waals surface area contributed by atoms with E-state index >= 15 is 0 Å². The summed E-state index contributed by atoms with van der Waals surface area (Å²) in [5, 5.41) is 2.94. The lowest BCUT2D eigenvalue weighted by molar-refractivity contribution is -0.128. The highest BCUT2D eigenvalue weighted by molar-refractivity contribution is 5.92. The summed E-state index contributed by atoms with van der Waals surface area (Å²) in [7, 11) is 1.76. The molecule has 138 valence electrons. The third-order valence-corrected chi connectivity index (χ3v) is 4.37. The van der Waals surface area contributed by atoms with Crippen LogP contribution in [0.1, 0.15) is 43.4 Å². The van der Waals surface area contributed by atoms with Crippen LogP contribution < -0.4 is 5.32 Å². The van der Waals surface area contributed by atoms with Crippen LogP contribution >= 0.6 is 0 Å². The number of unbranched alkanes of at least 4 members (excludes halogenated alkanes) is 1. The van der Waals surface area contributed by atoms with Crippen LogP contribution in [0.25, 0.3) is 0 Å². The van der Waals surface area contributed by atoms with E-state index in [2.05, 4.69) is 24.4 Å². The van der Waals surface area contributed by atoms with Gasteiger partial charge in [-0.2, -0.15) is 0 Å². The van der Waals surface area contributed by atoms with Gasteiger partial charge in [0.05, 0.1) is 6.42 Å². The van der Waals surface area contributed by atoms with Crippen LogP contribution in [-0.4, -0.2) is 23.8 Å². The van der Waals surface area contributed by atoms with Gasteiger partial charge in [-0.25, -0.2) is 0 Å². The molecule has 2 aromatic carbocycles. The topological polar surface area (TPSA) is 49.4 Å². The maximum atomic E-state index is 12.3. The molecule has 0 fully saturated rings. The fourth-order valence-corrected chi connectivity index (χ4v) is 2.73. The number of nitrogens with zero attached hydrogens (tertiary/aromatic N) is 1. The Morgan fingerprint density at radius 3 is 2.35 bits per heavy atom. The van der Waals surface area contributed by atoms with Crippen molar-refractivity contribution < 1.29 is 9.59 Å². The first-order valence-electron chi connectivity index (χ1n) is 9.16. The molecule has 4 heteroatoms. The molecule has 0 unspecified atom stereocenters. The normalized spacial score (nSPS) is 10.4. The van der Waals surface area contributed by atoms with Gasteiger partial charge in [0.1, 0.15) is 0 Å². The molecule has 0 aliphatic rings. The molecule has 0 spiro atoms.